The molecule has 1 aliphatic rings. The first-order valence-electron chi connectivity index (χ1n) is 9.15. The summed E-state index contributed by atoms with van der Waals surface area (Å²) in [5.74, 6) is -0.611. The van der Waals surface area contributed by atoms with Gasteiger partial charge in [0.2, 0.25) is 0 Å². The lowest BCUT2D eigenvalue weighted by molar-refractivity contribution is -0.138. The van der Waals surface area contributed by atoms with Crippen molar-refractivity contribution in [2.24, 2.45) is 0 Å². The summed E-state index contributed by atoms with van der Waals surface area (Å²) < 4.78 is 19.3. The number of aromatic nitrogens is 2. The van der Waals surface area contributed by atoms with E-state index >= 15 is 0 Å². The molecule has 27 heavy (non-hydrogen) atoms. The third-order valence-electron chi connectivity index (χ3n) is 4.86. The summed E-state index contributed by atoms with van der Waals surface area (Å²) in [6, 6.07) is 0. The lowest BCUT2D eigenvalue weighted by atomic mass is 10.2. The Balaban J connectivity index is 1.95. The zero-order valence-electron chi connectivity index (χ0n) is 16.3. The Labute approximate surface area is 161 Å². The van der Waals surface area contributed by atoms with Crippen LogP contribution >= 0.6 is 11.3 Å². The number of thiophene rings is 1. The number of fused-ring (bicyclic) bond motifs is 1. The number of methoxy groups -OCH3 is 1. The number of rotatable bonds is 8. The van der Waals surface area contributed by atoms with Gasteiger partial charge in [0.25, 0.3) is 5.56 Å². The second kappa shape index (κ2) is 8.24. The maximum absolute atomic E-state index is 12.8. The quantitative estimate of drug-likeness (QED) is 0.717. The van der Waals surface area contributed by atoms with Crippen molar-refractivity contribution in [2.75, 3.05) is 33.5 Å². The molecule has 0 radical (unpaired) electrons. The molecule has 0 bridgehead atoms. The van der Waals surface area contributed by atoms with E-state index in [4.69, 9.17) is 14.2 Å². The number of hydrogen-bond acceptors (Lipinski definition) is 7. The van der Waals surface area contributed by atoms with Crippen molar-refractivity contribution < 1.29 is 14.2 Å². The average Bonchev–Trinajstić information content (AvgIpc) is 3.20. The Hall–Kier alpha value is -1.52. The van der Waals surface area contributed by atoms with E-state index in [1.165, 1.54) is 15.9 Å². The molecule has 0 aromatic carbocycles. The van der Waals surface area contributed by atoms with Crippen LogP contribution in [0.3, 0.4) is 0 Å². The van der Waals surface area contributed by atoms with E-state index in [0.717, 1.165) is 10.4 Å². The molecular formula is C18H27N3O5S. The normalized spacial score (nSPS) is 16.4. The van der Waals surface area contributed by atoms with Crippen LogP contribution in [0.2, 0.25) is 0 Å². The molecule has 8 nitrogen and oxygen atoms in total. The summed E-state index contributed by atoms with van der Waals surface area (Å²) >= 11 is 1.48. The minimum atomic E-state index is -0.611. The van der Waals surface area contributed by atoms with E-state index in [9.17, 15) is 9.59 Å². The van der Waals surface area contributed by atoms with Crippen LogP contribution in [0.1, 0.15) is 24.3 Å². The van der Waals surface area contributed by atoms with Crippen LogP contribution in [-0.4, -0.2) is 48.4 Å². The molecule has 0 unspecified atom stereocenters. The number of ether oxygens (including phenoxy) is 3. The Kier molecular flexibility index (Phi) is 6.17. The molecule has 3 rings (SSSR count). The maximum Gasteiger partial charge on any atom is 0.332 e. The van der Waals surface area contributed by atoms with Gasteiger partial charge in [-0.05, 0) is 26.3 Å². The maximum atomic E-state index is 12.8. The molecule has 0 saturated carbocycles. The van der Waals surface area contributed by atoms with Gasteiger partial charge in [0.15, 0.2) is 5.79 Å². The fourth-order valence-electron chi connectivity index (χ4n) is 3.33. The fraction of sp³-hybridized carbons (Fsp3) is 0.667. The highest BCUT2D eigenvalue weighted by molar-refractivity contribution is 7.18. The van der Waals surface area contributed by atoms with Gasteiger partial charge >= 0.3 is 5.69 Å². The second-order valence-electron chi connectivity index (χ2n) is 6.74. The van der Waals surface area contributed by atoms with E-state index < -0.39 is 5.79 Å². The molecule has 2 aromatic heterocycles. The molecule has 1 N–H and O–H groups in total. The Morgan fingerprint density at radius 2 is 1.96 bits per heavy atom. The largest absolute Gasteiger partial charge is 0.383 e. The van der Waals surface area contributed by atoms with Gasteiger partial charge in [-0.2, -0.15) is 0 Å². The lowest BCUT2D eigenvalue weighted by Crippen LogP contribution is -2.39. The summed E-state index contributed by atoms with van der Waals surface area (Å²) in [7, 11) is 1.60. The molecule has 2 aromatic rings. The number of hydrogen-bond donors (Lipinski definition) is 1. The number of aryl methyl sites for hydroxylation is 1. The predicted molar refractivity (Wildman–Crippen MR) is 105 cm³/mol. The van der Waals surface area contributed by atoms with Gasteiger partial charge in [0.05, 0.1) is 31.8 Å². The molecule has 0 spiro atoms. The second-order valence-corrected chi connectivity index (χ2v) is 7.82. The van der Waals surface area contributed by atoms with Crippen LogP contribution in [0.4, 0.5) is 0 Å². The molecule has 3 heterocycles. The molecule has 9 heteroatoms. The standard InChI is InChI=1S/C18H27N3O5S/c1-5-20-15(22)14-12(2)13(10-19-11-18(3)25-8-9-26-18)27-16(14)21(17(20)23)6-7-24-4/h19H,5-11H2,1-4H3. The summed E-state index contributed by atoms with van der Waals surface area (Å²) in [5, 5.41) is 3.97. The first-order valence-corrected chi connectivity index (χ1v) is 9.96. The van der Waals surface area contributed by atoms with Crippen LogP contribution in [0.5, 0.6) is 0 Å². The summed E-state index contributed by atoms with van der Waals surface area (Å²) in [6.07, 6.45) is 0. The van der Waals surface area contributed by atoms with Crippen LogP contribution in [-0.2, 0) is 33.8 Å². The van der Waals surface area contributed by atoms with Crippen molar-refractivity contribution in [1.29, 1.82) is 0 Å². The first-order chi connectivity index (χ1) is 12.9. The van der Waals surface area contributed by atoms with Crippen LogP contribution in [0.15, 0.2) is 9.59 Å². The third kappa shape index (κ3) is 3.88. The van der Waals surface area contributed by atoms with Gasteiger partial charge in [-0.15, -0.1) is 11.3 Å². The molecule has 0 amide bonds. The number of nitrogens with zero attached hydrogens (tertiary/aromatic N) is 2. The Morgan fingerprint density at radius 3 is 2.59 bits per heavy atom. The van der Waals surface area contributed by atoms with Crippen molar-refractivity contribution >= 4 is 21.6 Å². The van der Waals surface area contributed by atoms with E-state index in [2.05, 4.69) is 5.32 Å². The van der Waals surface area contributed by atoms with Crippen molar-refractivity contribution in [2.45, 2.75) is 46.2 Å². The van der Waals surface area contributed by atoms with Gasteiger partial charge < -0.3 is 19.5 Å². The molecule has 1 fully saturated rings. The highest BCUT2D eigenvalue weighted by Gasteiger charge is 2.30. The smallest absolute Gasteiger partial charge is 0.332 e. The van der Waals surface area contributed by atoms with E-state index in [1.54, 1.807) is 11.7 Å². The zero-order chi connectivity index (χ0) is 19.6. The van der Waals surface area contributed by atoms with Gasteiger partial charge in [0.1, 0.15) is 4.83 Å². The molecule has 1 saturated heterocycles. The molecule has 0 aliphatic carbocycles. The highest BCUT2D eigenvalue weighted by Crippen LogP contribution is 2.28. The minimum absolute atomic E-state index is 0.222. The summed E-state index contributed by atoms with van der Waals surface area (Å²) in [4.78, 5) is 27.3. The molecular weight excluding hydrogens is 370 g/mol. The van der Waals surface area contributed by atoms with Gasteiger partial charge in [-0.1, -0.05) is 0 Å². The summed E-state index contributed by atoms with van der Waals surface area (Å²) in [5.41, 5.74) is 0.410. The zero-order valence-corrected chi connectivity index (χ0v) is 17.1. The first kappa shape index (κ1) is 20.2. The van der Waals surface area contributed by atoms with Gasteiger partial charge in [0, 0.05) is 31.6 Å². The minimum Gasteiger partial charge on any atom is -0.383 e. The van der Waals surface area contributed by atoms with Crippen molar-refractivity contribution in [1.82, 2.24) is 14.5 Å². The predicted octanol–water partition coefficient (Wildman–Crippen LogP) is 1.05. The highest BCUT2D eigenvalue weighted by atomic mass is 32.1. The Bertz CT molecular complexity index is 924. The monoisotopic (exact) mass is 397 g/mol. The lowest BCUT2D eigenvalue weighted by Gasteiger charge is -2.22. The Morgan fingerprint density at radius 1 is 1.26 bits per heavy atom. The number of nitrogens with one attached hydrogen (secondary N) is 1. The SMILES string of the molecule is CCn1c(=O)c2c(C)c(CNCC3(C)OCCO3)sc2n(CCOC)c1=O. The summed E-state index contributed by atoms with van der Waals surface area (Å²) in [6.45, 7) is 9.16. The van der Waals surface area contributed by atoms with E-state index in [0.29, 0.717) is 56.2 Å². The topological polar surface area (TPSA) is 83.7 Å². The van der Waals surface area contributed by atoms with Crippen molar-refractivity contribution in [3.05, 3.63) is 31.3 Å². The van der Waals surface area contributed by atoms with E-state index in [-0.39, 0.29) is 11.2 Å². The third-order valence-corrected chi connectivity index (χ3v) is 6.17. The van der Waals surface area contributed by atoms with Crippen LogP contribution < -0.4 is 16.6 Å². The molecule has 0 atom stereocenters. The van der Waals surface area contributed by atoms with Gasteiger partial charge in [-0.3, -0.25) is 13.9 Å². The van der Waals surface area contributed by atoms with Crippen molar-refractivity contribution in [3.63, 3.8) is 0 Å². The van der Waals surface area contributed by atoms with Crippen LogP contribution in [0, 0.1) is 6.92 Å². The van der Waals surface area contributed by atoms with Crippen molar-refractivity contribution in [3.8, 4) is 0 Å². The molecule has 150 valence electrons. The molecule has 1 aliphatic heterocycles. The average molecular weight is 397 g/mol. The fourth-order valence-corrected chi connectivity index (χ4v) is 4.61. The van der Waals surface area contributed by atoms with Crippen LogP contribution in [0.25, 0.3) is 10.2 Å². The van der Waals surface area contributed by atoms with E-state index in [1.807, 2.05) is 20.8 Å². The van der Waals surface area contributed by atoms with Gasteiger partial charge in [-0.25, -0.2) is 4.79 Å².